The predicted molar refractivity (Wildman–Crippen MR) is 58.9 cm³/mol. The number of amides is 1. The van der Waals surface area contributed by atoms with E-state index in [9.17, 15) is 4.79 Å². The van der Waals surface area contributed by atoms with Gasteiger partial charge in [-0.2, -0.15) is 0 Å². The Morgan fingerprint density at radius 3 is 2.29 bits per heavy atom. The van der Waals surface area contributed by atoms with E-state index in [0.29, 0.717) is 18.4 Å². The zero-order chi connectivity index (χ0) is 10.7. The molecule has 1 saturated carbocycles. The first kappa shape index (κ1) is 11.5. The maximum Gasteiger partial charge on any atom is 0.220 e. The van der Waals surface area contributed by atoms with E-state index in [-0.39, 0.29) is 5.91 Å². The fourth-order valence-corrected chi connectivity index (χ4v) is 1.98. The third kappa shape index (κ3) is 3.32. The lowest BCUT2D eigenvalue weighted by molar-refractivity contribution is -0.123. The highest BCUT2D eigenvalue weighted by Crippen LogP contribution is 2.33. The minimum absolute atomic E-state index is 0.229. The van der Waals surface area contributed by atoms with Crippen molar-refractivity contribution in [2.24, 2.45) is 17.8 Å². The van der Waals surface area contributed by atoms with Crippen LogP contribution in [0.2, 0.25) is 0 Å². The monoisotopic (exact) mass is 197 g/mol. The van der Waals surface area contributed by atoms with Crippen molar-refractivity contribution in [1.29, 1.82) is 0 Å². The standard InChI is InChI=1S/C12H23NO/c1-8(2)5-12(14)13-11-6-10(7-11)9(3)4/h8-11H,5-7H2,1-4H3,(H,13,14). The molecule has 0 aromatic rings. The highest BCUT2D eigenvalue weighted by atomic mass is 16.1. The predicted octanol–water partition coefficient (Wildman–Crippen LogP) is 2.58. The minimum Gasteiger partial charge on any atom is -0.353 e. The fraction of sp³-hybridized carbons (Fsp3) is 0.917. The molecule has 2 nitrogen and oxygen atoms in total. The van der Waals surface area contributed by atoms with Crippen molar-refractivity contribution in [3.05, 3.63) is 0 Å². The van der Waals surface area contributed by atoms with Gasteiger partial charge in [-0.25, -0.2) is 0 Å². The van der Waals surface area contributed by atoms with Crippen LogP contribution in [0.5, 0.6) is 0 Å². The first-order valence-corrected chi connectivity index (χ1v) is 5.78. The summed E-state index contributed by atoms with van der Waals surface area (Å²) in [7, 11) is 0. The van der Waals surface area contributed by atoms with Crippen molar-refractivity contribution in [3.8, 4) is 0 Å². The van der Waals surface area contributed by atoms with Crippen LogP contribution in [0.25, 0.3) is 0 Å². The summed E-state index contributed by atoms with van der Waals surface area (Å²) in [5, 5.41) is 3.09. The summed E-state index contributed by atoms with van der Waals surface area (Å²) in [5.74, 6) is 2.30. The molecule has 1 N–H and O–H groups in total. The Hall–Kier alpha value is -0.530. The molecular weight excluding hydrogens is 174 g/mol. The van der Waals surface area contributed by atoms with Gasteiger partial charge in [-0.3, -0.25) is 4.79 Å². The number of nitrogens with one attached hydrogen (secondary N) is 1. The van der Waals surface area contributed by atoms with Gasteiger partial charge in [0.25, 0.3) is 0 Å². The largest absolute Gasteiger partial charge is 0.353 e. The highest BCUT2D eigenvalue weighted by Gasteiger charge is 2.31. The van der Waals surface area contributed by atoms with Crippen LogP contribution >= 0.6 is 0 Å². The van der Waals surface area contributed by atoms with Gasteiger partial charge in [0, 0.05) is 12.5 Å². The summed E-state index contributed by atoms with van der Waals surface area (Å²) in [6.07, 6.45) is 3.03. The lowest BCUT2D eigenvalue weighted by atomic mass is 9.73. The molecule has 0 saturated heterocycles. The maximum atomic E-state index is 11.4. The molecule has 82 valence electrons. The van der Waals surface area contributed by atoms with Crippen LogP contribution in [0, 0.1) is 17.8 Å². The molecule has 0 atom stereocenters. The van der Waals surface area contributed by atoms with Crippen molar-refractivity contribution in [2.75, 3.05) is 0 Å². The Morgan fingerprint density at radius 1 is 1.29 bits per heavy atom. The van der Waals surface area contributed by atoms with Crippen LogP contribution in [0.4, 0.5) is 0 Å². The Kier molecular flexibility index (Phi) is 3.97. The molecule has 1 aliphatic carbocycles. The van der Waals surface area contributed by atoms with Crippen molar-refractivity contribution < 1.29 is 4.79 Å². The lowest BCUT2D eigenvalue weighted by Gasteiger charge is -2.38. The van der Waals surface area contributed by atoms with E-state index in [0.717, 1.165) is 11.8 Å². The molecule has 0 aromatic carbocycles. The molecule has 0 bridgehead atoms. The summed E-state index contributed by atoms with van der Waals surface area (Å²) in [5.41, 5.74) is 0. The molecule has 1 aliphatic rings. The third-order valence-electron chi connectivity index (χ3n) is 3.08. The first-order chi connectivity index (χ1) is 6.49. The van der Waals surface area contributed by atoms with Gasteiger partial charge in [0.05, 0.1) is 0 Å². The summed E-state index contributed by atoms with van der Waals surface area (Å²) >= 11 is 0. The minimum atomic E-state index is 0.229. The fourth-order valence-electron chi connectivity index (χ4n) is 1.98. The summed E-state index contributed by atoms with van der Waals surface area (Å²) < 4.78 is 0. The smallest absolute Gasteiger partial charge is 0.220 e. The van der Waals surface area contributed by atoms with Crippen molar-refractivity contribution in [2.45, 2.75) is 53.0 Å². The van der Waals surface area contributed by atoms with E-state index in [2.05, 4.69) is 33.0 Å². The number of rotatable bonds is 4. The van der Waals surface area contributed by atoms with Gasteiger partial charge < -0.3 is 5.32 Å². The number of carbonyl (C=O) groups excluding carboxylic acids is 1. The molecule has 0 unspecified atom stereocenters. The van der Waals surface area contributed by atoms with Gasteiger partial charge in [-0.15, -0.1) is 0 Å². The van der Waals surface area contributed by atoms with Crippen LogP contribution in [-0.4, -0.2) is 11.9 Å². The Labute approximate surface area is 87.5 Å². The van der Waals surface area contributed by atoms with Crippen molar-refractivity contribution in [3.63, 3.8) is 0 Å². The second-order valence-corrected chi connectivity index (χ2v) is 5.34. The molecule has 0 aliphatic heterocycles. The van der Waals surface area contributed by atoms with Crippen LogP contribution < -0.4 is 5.32 Å². The molecule has 1 amide bonds. The topological polar surface area (TPSA) is 29.1 Å². The Morgan fingerprint density at radius 2 is 1.86 bits per heavy atom. The average Bonchev–Trinajstić information content (AvgIpc) is 1.93. The zero-order valence-corrected chi connectivity index (χ0v) is 9.84. The Bertz CT molecular complexity index is 192. The first-order valence-electron chi connectivity index (χ1n) is 5.78. The van der Waals surface area contributed by atoms with E-state index < -0.39 is 0 Å². The van der Waals surface area contributed by atoms with Gasteiger partial charge in [-0.1, -0.05) is 27.7 Å². The highest BCUT2D eigenvalue weighted by molar-refractivity contribution is 5.76. The van der Waals surface area contributed by atoms with Gasteiger partial charge >= 0.3 is 0 Å². The van der Waals surface area contributed by atoms with Crippen molar-refractivity contribution >= 4 is 5.91 Å². The van der Waals surface area contributed by atoms with Crippen molar-refractivity contribution in [1.82, 2.24) is 5.32 Å². The van der Waals surface area contributed by atoms with E-state index in [1.807, 2.05) is 0 Å². The van der Waals surface area contributed by atoms with Gasteiger partial charge in [0.15, 0.2) is 0 Å². The third-order valence-corrected chi connectivity index (χ3v) is 3.08. The van der Waals surface area contributed by atoms with E-state index in [1.165, 1.54) is 12.8 Å². The maximum absolute atomic E-state index is 11.4. The van der Waals surface area contributed by atoms with Gasteiger partial charge in [0.1, 0.15) is 0 Å². The van der Waals surface area contributed by atoms with E-state index in [4.69, 9.17) is 0 Å². The second kappa shape index (κ2) is 4.81. The summed E-state index contributed by atoms with van der Waals surface area (Å²) in [6, 6.07) is 0.466. The number of hydrogen-bond acceptors (Lipinski definition) is 1. The molecule has 0 aromatic heterocycles. The molecule has 1 fully saturated rings. The van der Waals surface area contributed by atoms with Crippen LogP contribution in [-0.2, 0) is 4.79 Å². The normalized spacial score (nSPS) is 26.4. The van der Waals surface area contributed by atoms with Crippen LogP contribution in [0.1, 0.15) is 47.0 Å². The second-order valence-electron chi connectivity index (χ2n) is 5.34. The van der Waals surface area contributed by atoms with Crippen LogP contribution in [0.15, 0.2) is 0 Å². The summed E-state index contributed by atoms with van der Waals surface area (Å²) in [6.45, 7) is 8.68. The molecule has 0 heterocycles. The number of hydrogen-bond donors (Lipinski definition) is 1. The summed E-state index contributed by atoms with van der Waals surface area (Å²) in [4.78, 5) is 11.4. The molecule has 2 heteroatoms. The SMILES string of the molecule is CC(C)CC(=O)NC1CC(C(C)C)C1. The molecule has 1 rings (SSSR count). The molecule has 0 spiro atoms. The lowest BCUT2D eigenvalue weighted by Crippen LogP contribution is -2.45. The van der Waals surface area contributed by atoms with Crippen LogP contribution in [0.3, 0.4) is 0 Å². The van der Waals surface area contributed by atoms with Gasteiger partial charge in [-0.05, 0) is 30.6 Å². The van der Waals surface area contributed by atoms with E-state index >= 15 is 0 Å². The Balaban J connectivity index is 2.13. The number of carbonyl (C=O) groups is 1. The quantitative estimate of drug-likeness (QED) is 0.737. The average molecular weight is 197 g/mol. The van der Waals surface area contributed by atoms with Gasteiger partial charge in [0.2, 0.25) is 5.91 Å². The van der Waals surface area contributed by atoms with E-state index in [1.54, 1.807) is 0 Å². The zero-order valence-electron chi connectivity index (χ0n) is 9.84. The molecular formula is C12H23NO. The molecule has 14 heavy (non-hydrogen) atoms. The molecule has 0 radical (unpaired) electrons.